The number of amides is 1. The third-order valence-electron chi connectivity index (χ3n) is 4.26. The van der Waals surface area contributed by atoms with Crippen LogP contribution in [0, 0.1) is 12.7 Å². The van der Waals surface area contributed by atoms with Gasteiger partial charge in [-0.25, -0.2) is 14.4 Å². The molecule has 25 heavy (non-hydrogen) atoms. The van der Waals surface area contributed by atoms with Crippen molar-refractivity contribution in [3.63, 3.8) is 0 Å². The zero-order valence-corrected chi connectivity index (χ0v) is 14.5. The van der Waals surface area contributed by atoms with Crippen LogP contribution in [0.2, 0.25) is 0 Å². The van der Waals surface area contributed by atoms with Crippen LogP contribution in [0.15, 0.2) is 24.5 Å². The number of benzene rings is 1. The summed E-state index contributed by atoms with van der Waals surface area (Å²) < 4.78 is 19.2. The van der Waals surface area contributed by atoms with Gasteiger partial charge in [-0.3, -0.25) is 4.79 Å². The van der Waals surface area contributed by atoms with Crippen molar-refractivity contribution in [1.82, 2.24) is 9.97 Å². The van der Waals surface area contributed by atoms with Crippen LogP contribution in [0.5, 0.6) is 5.88 Å². The number of carbonyl (C=O) groups is 1. The molecule has 4 rings (SSSR count). The second-order valence-electron chi connectivity index (χ2n) is 6.02. The van der Waals surface area contributed by atoms with E-state index in [0.717, 1.165) is 29.5 Å². The molecule has 1 amide bonds. The summed E-state index contributed by atoms with van der Waals surface area (Å²) >= 11 is 1.67. The van der Waals surface area contributed by atoms with E-state index < -0.39 is 0 Å². The van der Waals surface area contributed by atoms with Crippen molar-refractivity contribution in [1.29, 1.82) is 0 Å². The Labute approximate surface area is 147 Å². The van der Waals surface area contributed by atoms with Gasteiger partial charge < -0.3 is 10.1 Å². The summed E-state index contributed by atoms with van der Waals surface area (Å²) in [6.45, 7) is 1.48. The van der Waals surface area contributed by atoms with Crippen molar-refractivity contribution < 1.29 is 13.9 Å². The van der Waals surface area contributed by atoms with Gasteiger partial charge in [0.15, 0.2) is 6.61 Å². The quantitative estimate of drug-likeness (QED) is 0.774. The Morgan fingerprint density at radius 1 is 1.36 bits per heavy atom. The molecule has 0 unspecified atom stereocenters. The smallest absolute Gasteiger partial charge is 0.262 e. The van der Waals surface area contributed by atoms with E-state index in [4.69, 9.17) is 4.74 Å². The fourth-order valence-corrected chi connectivity index (χ4v) is 4.23. The molecule has 0 radical (unpaired) electrons. The summed E-state index contributed by atoms with van der Waals surface area (Å²) in [5.41, 5.74) is 2.18. The molecule has 128 valence electrons. The lowest BCUT2D eigenvalue weighted by atomic mass is 10.2. The predicted molar refractivity (Wildman–Crippen MR) is 94.7 cm³/mol. The molecule has 0 spiro atoms. The zero-order valence-electron chi connectivity index (χ0n) is 13.6. The second kappa shape index (κ2) is 6.40. The Balaban J connectivity index is 1.48. The fraction of sp³-hybridized carbons (Fsp3) is 0.278. The first-order valence-corrected chi connectivity index (χ1v) is 8.87. The molecule has 0 atom stereocenters. The molecule has 0 aliphatic heterocycles. The lowest BCUT2D eigenvalue weighted by Crippen LogP contribution is -2.20. The van der Waals surface area contributed by atoms with Crippen LogP contribution >= 0.6 is 11.3 Å². The van der Waals surface area contributed by atoms with Crippen molar-refractivity contribution in [3.05, 3.63) is 46.3 Å². The monoisotopic (exact) mass is 357 g/mol. The molecule has 2 heterocycles. The summed E-state index contributed by atoms with van der Waals surface area (Å²) in [6.07, 6.45) is 4.64. The third-order valence-corrected chi connectivity index (χ3v) is 5.46. The van der Waals surface area contributed by atoms with E-state index in [1.54, 1.807) is 30.4 Å². The molecule has 1 N–H and O–H groups in total. The number of fused-ring (bicyclic) bond motifs is 3. The number of nitrogens with one attached hydrogen (secondary N) is 1. The topological polar surface area (TPSA) is 64.1 Å². The minimum absolute atomic E-state index is 0.188. The highest BCUT2D eigenvalue weighted by molar-refractivity contribution is 7.18. The number of aromatic nitrogens is 2. The molecule has 7 heteroatoms. The fourth-order valence-electron chi connectivity index (χ4n) is 3.01. The predicted octanol–water partition coefficient (Wildman–Crippen LogP) is 3.65. The molecule has 0 fully saturated rings. The van der Waals surface area contributed by atoms with Crippen molar-refractivity contribution >= 4 is 33.1 Å². The number of carbonyl (C=O) groups excluding carboxylic acids is 1. The molecule has 5 nitrogen and oxygen atoms in total. The van der Waals surface area contributed by atoms with Crippen molar-refractivity contribution in [3.8, 4) is 5.88 Å². The SMILES string of the molecule is Cc1ccc(NC(=O)COc2ncnc3sc4c(c23)CCC4)cc1F. The molecule has 0 saturated carbocycles. The zero-order chi connectivity index (χ0) is 17.4. The lowest BCUT2D eigenvalue weighted by molar-refractivity contribution is -0.118. The van der Waals surface area contributed by atoms with E-state index in [1.165, 1.54) is 22.8 Å². The van der Waals surface area contributed by atoms with Gasteiger partial charge >= 0.3 is 0 Å². The van der Waals surface area contributed by atoms with Gasteiger partial charge in [0, 0.05) is 10.6 Å². The largest absolute Gasteiger partial charge is 0.467 e. The number of anilines is 1. The average Bonchev–Trinajstić information content (AvgIpc) is 3.17. The number of aryl methyl sites for hydroxylation is 3. The number of hydrogen-bond donors (Lipinski definition) is 1. The van der Waals surface area contributed by atoms with Gasteiger partial charge in [0.25, 0.3) is 5.91 Å². The minimum atomic E-state index is -0.359. The first-order valence-electron chi connectivity index (χ1n) is 8.06. The number of rotatable bonds is 4. The highest BCUT2D eigenvalue weighted by Crippen LogP contribution is 2.39. The van der Waals surface area contributed by atoms with E-state index in [-0.39, 0.29) is 18.3 Å². The van der Waals surface area contributed by atoms with Crippen LogP contribution in [0.1, 0.15) is 22.4 Å². The van der Waals surface area contributed by atoms with Crippen LogP contribution in [0.3, 0.4) is 0 Å². The van der Waals surface area contributed by atoms with Crippen molar-refractivity contribution in [2.45, 2.75) is 26.2 Å². The summed E-state index contributed by atoms with van der Waals surface area (Å²) in [5.74, 6) is -0.276. The van der Waals surface area contributed by atoms with E-state index >= 15 is 0 Å². The Morgan fingerprint density at radius 3 is 3.08 bits per heavy atom. The highest BCUT2D eigenvalue weighted by atomic mass is 32.1. The minimum Gasteiger partial charge on any atom is -0.467 e. The van der Waals surface area contributed by atoms with Crippen LogP contribution in [0.25, 0.3) is 10.2 Å². The number of nitrogens with zero attached hydrogens (tertiary/aromatic N) is 2. The maximum Gasteiger partial charge on any atom is 0.262 e. The van der Waals surface area contributed by atoms with Gasteiger partial charge in [-0.15, -0.1) is 11.3 Å². The average molecular weight is 357 g/mol. The van der Waals surface area contributed by atoms with Gasteiger partial charge in [-0.05, 0) is 49.4 Å². The molecule has 3 aromatic rings. The molecular weight excluding hydrogens is 341 g/mol. The Hall–Kier alpha value is -2.54. The normalized spacial score (nSPS) is 13.0. The Kier molecular flexibility index (Phi) is 4.09. The van der Waals surface area contributed by atoms with Gasteiger partial charge in [0.05, 0.1) is 5.39 Å². The standard InChI is InChI=1S/C18H16FN3O2S/c1-10-5-6-11(7-13(10)19)22-15(23)8-24-17-16-12-3-2-4-14(12)25-18(16)21-9-20-17/h5-7,9H,2-4,8H2,1H3,(H,22,23). The van der Waals surface area contributed by atoms with E-state index in [0.29, 0.717) is 17.1 Å². The summed E-state index contributed by atoms with van der Waals surface area (Å²) in [7, 11) is 0. The van der Waals surface area contributed by atoms with Crippen LogP contribution in [-0.4, -0.2) is 22.5 Å². The number of thiophene rings is 1. The number of hydrogen-bond acceptors (Lipinski definition) is 5. The van der Waals surface area contributed by atoms with E-state index in [9.17, 15) is 9.18 Å². The van der Waals surface area contributed by atoms with E-state index in [1.807, 2.05) is 0 Å². The van der Waals surface area contributed by atoms with Gasteiger partial charge in [0.2, 0.25) is 5.88 Å². The molecule has 2 aromatic heterocycles. The van der Waals surface area contributed by atoms with Crippen molar-refractivity contribution in [2.24, 2.45) is 0 Å². The van der Waals surface area contributed by atoms with Crippen LogP contribution < -0.4 is 10.1 Å². The second-order valence-corrected chi connectivity index (χ2v) is 7.10. The Bertz CT molecular complexity index is 970. The highest BCUT2D eigenvalue weighted by Gasteiger charge is 2.22. The maximum absolute atomic E-state index is 13.5. The molecule has 1 aliphatic rings. The summed E-state index contributed by atoms with van der Waals surface area (Å²) in [6, 6.07) is 4.57. The lowest BCUT2D eigenvalue weighted by Gasteiger charge is -2.09. The first-order chi connectivity index (χ1) is 12.1. The first kappa shape index (κ1) is 16.0. The van der Waals surface area contributed by atoms with Gasteiger partial charge in [0.1, 0.15) is 17.0 Å². The molecule has 0 bridgehead atoms. The maximum atomic E-state index is 13.5. The van der Waals surface area contributed by atoms with Crippen LogP contribution in [-0.2, 0) is 17.6 Å². The number of ether oxygens (including phenoxy) is 1. The molecule has 1 aliphatic carbocycles. The third kappa shape index (κ3) is 3.07. The summed E-state index contributed by atoms with van der Waals surface area (Å²) in [4.78, 5) is 22.8. The molecule has 0 saturated heterocycles. The molecular formula is C18H16FN3O2S. The van der Waals surface area contributed by atoms with Gasteiger partial charge in [-0.1, -0.05) is 6.07 Å². The van der Waals surface area contributed by atoms with Gasteiger partial charge in [-0.2, -0.15) is 0 Å². The summed E-state index contributed by atoms with van der Waals surface area (Å²) in [5, 5.41) is 3.55. The van der Waals surface area contributed by atoms with Crippen LogP contribution in [0.4, 0.5) is 10.1 Å². The molecule has 1 aromatic carbocycles. The number of halogens is 1. The van der Waals surface area contributed by atoms with E-state index in [2.05, 4.69) is 15.3 Å². The Morgan fingerprint density at radius 2 is 2.24 bits per heavy atom. The van der Waals surface area contributed by atoms with Crippen molar-refractivity contribution in [2.75, 3.05) is 11.9 Å².